The Labute approximate surface area is 176 Å². The molecule has 1 heterocycles. The standard InChI is InChI=1S/C21H25N3O4S/c1-6-28-21(25)18-9-16(11-22)20(29)24(14(18)2)13-23(3)12-15-7-8-17(26-4)10-19(15)27-5/h7-10H,6,12-13H2,1-5H3/p+1. The van der Waals surface area contributed by atoms with E-state index in [0.717, 1.165) is 22.0 Å². The van der Waals surface area contributed by atoms with Crippen LogP contribution in [-0.4, -0.2) is 38.4 Å². The molecule has 2 aromatic rings. The molecule has 154 valence electrons. The van der Waals surface area contributed by atoms with Gasteiger partial charge in [-0.2, -0.15) is 5.26 Å². The average Bonchev–Trinajstić information content (AvgIpc) is 2.71. The molecule has 1 aromatic heterocycles. The number of benzene rings is 1. The lowest BCUT2D eigenvalue weighted by Gasteiger charge is -2.21. The predicted molar refractivity (Wildman–Crippen MR) is 111 cm³/mol. The summed E-state index contributed by atoms with van der Waals surface area (Å²) in [6.07, 6.45) is 0. The SMILES string of the molecule is CCOC(=O)c1cc(C#N)c(=S)n(C[NH+](C)Cc2ccc(OC)cc2OC)c1C. The normalized spacial score (nSPS) is 11.4. The Morgan fingerprint density at radius 2 is 2.00 bits per heavy atom. The van der Waals surface area contributed by atoms with Crippen LogP contribution in [-0.2, 0) is 18.0 Å². The monoisotopic (exact) mass is 416 g/mol. The largest absolute Gasteiger partial charge is 0.497 e. The van der Waals surface area contributed by atoms with E-state index in [1.54, 1.807) is 21.1 Å². The summed E-state index contributed by atoms with van der Waals surface area (Å²) in [6, 6.07) is 9.28. The molecule has 0 radical (unpaired) electrons. The van der Waals surface area contributed by atoms with Crippen LogP contribution < -0.4 is 14.4 Å². The molecule has 1 N–H and O–H groups in total. The van der Waals surface area contributed by atoms with Crippen molar-refractivity contribution in [2.75, 3.05) is 27.9 Å². The fourth-order valence-electron chi connectivity index (χ4n) is 3.09. The van der Waals surface area contributed by atoms with Crippen LogP contribution in [0.3, 0.4) is 0 Å². The number of ether oxygens (including phenoxy) is 3. The van der Waals surface area contributed by atoms with Crippen molar-refractivity contribution < 1.29 is 23.9 Å². The summed E-state index contributed by atoms with van der Waals surface area (Å²) in [6.45, 7) is 4.94. The van der Waals surface area contributed by atoms with Crippen LogP contribution in [0.4, 0.5) is 0 Å². The molecule has 0 amide bonds. The number of aromatic nitrogens is 1. The highest BCUT2D eigenvalue weighted by Gasteiger charge is 2.19. The van der Waals surface area contributed by atoms with Crippen LogP contribution in [0, 0.1) is 22.9 Å². The van der Waals surface area contributed by atoms with Gasteiger partial charge in [-0.3, -0.25) is 4.57 Å². The van der Waals surface area contributed by atoms with Crippen molar-refractivity contribution in [3.8, 4) is 17.6 Å². The minimum Gasteiger partial charge on any atom is -0.497 e. The average molecular weight is 417 g/mol. The van der Waals surface area contributed by atoms with E-state index >= 15 is 0 Å². The summed E-state index contributed by atoms with van der Waals surface area (Å²) in [7, 11) is 5.24. The first-order valence-corrected chi connectivity index (χ1v) is 9.60. The summed E-state index contributed by atoms with van der Waals surface area (Å²) in [5.74, 6) is 1.00. The first-order valence-electron chi connectivity index (χ1n) is 9.20. The van der Waals surface area contributed by atoms with E-state index in [-0.39, 0.29) is 12.2 Å². The number of esters is 1. The first-order chi connectivity index (χ1) is 13.9. The molecule has 0 saturated heterocycles. The van der Waals surface area contributed by atoms with E-state index in [2.05, 4.69) is 6.07 Å². The highest BCUT2D eigenvalue weighted by atomic mass is 32.1. The number of nitrogens with zero attached hydrogens (tertiary/aromatic N) is 2. The summed E-state index contributed by atoms with van der Waals surface area (Å²) in [5.41, 5.74) is 2.32. The van der Waals surface area contributed by atoms with Crippen LogP contribution in [0.5, 0.6) is 11.5 Å². The van der Waals surface area contributed by atoms with Gasteiger partial charge in [0.2, 0.25) is 0 Å². The van der Waals surface area contributed by atoms with Crippen LogP contribution >= 0.6 is 12.2 Å². The molecule has 1 atom stereocenters. The Kier molecular flexibility index (Phi) is 7.76. The second kappa shape index (κ2) is 10.0. The zero-order valence-electron chi connectivity index (χ0n) is 17.4. The van der Waals surface area contributed by atoms with Crippen LogP contribution in [0.1, 0.15) is 34.1 Å². The van der Waals surface area contributed by atoms with Crippen molar-refractivity contribution in [2.45, 2.75) is 27.1 Å². The lowest BCUT2D eigenvalue weighted by atomic mass is 10.1. The Bertz CT molecular complexity index is 995. The number of pyridine rings is 1. The van der Waals surface area contributed by atoms with Gasteiger partial charge >= 0.3 is 5.97 Å². The molecule has 2 rings (SSSR count). The Balaban J connectivity index is 2.36. The number of methoxy groups -OCH3 is 2. The zero-order chi connectivity index (χ0) is 21.6. The zero-order valence-corrected chi connectivity index (χ0v) is 18.2. The molecular formula is C21H26N3O4S+. The lowest BCUT2D eigenvalue weighted by molar-refractivity contribution is -0.917. The minimum atomic E-state index is -0.459. The highest BCUT2D eigenvalue weighted by Crippen LogP contribution is 2.24. The fourth-order valence-corrected chi connectivity index (χ4v) is 3.39. The third-order valence-corrected chi connectivity index (χ3v) is 5.03. The number of hydrogen-bond acceptors (Lipinski definition) is 6. The van der Waals surface area contributed by atoms with Gasteiger partial charge in [0.25, 0.3) is 0 Å². The van der Waals surface area contributed by atoms with Gasteiger partial charge in [-0.1, -0.05) is 12.2 Å². The van der Waals surface area contributed by atoms with E-state index in [1.807, 2.05) is 36.7 Å². The number of carbonyl (C=O) groups is 1. The summed E-state index contributed by atoms with van der Waals surface area (Å²) in [5, 5.41) is 9.44. The van der Waals surface area contributed by atoms with Crippen molar-refractivity contribution in [3.63, 3.8) is 0 Å². The molecule has 1 unspecified atom stereocenters. The number of rotatable bonds is 8. The molecule has 8 heteroatoms. The predicted octanol–water partition coefficient (Wildman–Crippen LogP) is 2.26. The van der Waals surface area contributed by atoms with Crippen molar-refractivity contribution in [3.05, 3.63) is 51.3 Å². The van der Waals surface area contributed by atoms with Crippen LogP contribution in [0.25, 0.3) is 0 Å². The molecule has 0 bridgehead atoms. The number of nitriles is 1. The lowest BCUT2D eigenvalue weighted by Crippen LogP contribution is -3.07. The van der Waals surface area contributed by atoms with Gasteiger partial charge in [0, 0.05) is 17.3 Å². The van der Waals surface area contributed by atoms with Crippen molar-refractivity contribution in [1.82, 2.24) is 4.57 Å². The maximum absolute atomic E-state index is 12.3. The van der Waals surface area contributed by atoms with Crippen LogP contribution in [0.15, 0.2) is 24.3 Å². The van der Waals surface area contributed by atoms with E-state index in [4.69, 9.17) is 26.4 Å². The van der Waals surface area contributed by atoms with Gasteiger partial charge in [0.15, 0.2) is 6.67 Å². The van der Waals surface area contributed by atoms with Gasteiger partial charge in [-0.15, -0.1) is 0 Å². The minimum absolute atomic E-state index is 0.262. The summed E-state index contributed by atoms with van der Waals surface area (Å²) < 4.78 is 18.1. The summed E-state index contributed by atoms with van der Waals surface area (Å²) >= 11 is 5.49. The second-order valence-corrected chi connectivity index (χ2v) is 6.98. The van der Waals surface area contributed by atoms with Crippen LogP contribution in [0.2, 0.25) is 0 Å². The Morgan fingerprint density at radius 3 is 2.59 bits per heavy atom. The number of quaternary nitrogens is 1. The van der Waals surface area contributed by atoms with E-state index in [0.29, 0.717) is 29.1 Å². The number of hydrogen-bond donors (Lipinski definition) is 1. The van der Waals surface area contributed by atoms with Gasteiger partial charge in [-0.05, 0) is 32.0 Å². The van der Waals surface area contributed by atoms with E-state index in [1.165, 1.54) is 6.07 Å². The topological polar surface area (TPSA) is 77.9 Å². The van der Waals surface area contributed by atoms with Gasteiger partial charge in [0.05, 0.1) is 39.0 Å². The number of carbonyl (C=O) groups excluding carboxylic acids is 1. The molecule has 0 fully saturated rings. The maximum Gasteiger partial charge on any atom is 0.339 e. The molecule has 1 aromatic carbocycles. The quantitative estimate of drug-likeness (QED) is 0.525. The molecular weight excluding hydrogens is 390 g/mol. The van der Waals surface area contributed by atoms with Gasteiger partial charge in [-0.25, -0.2) is 4.79 Å². The molecule has 0 saturated carbocycles. The van der Waals surface area contributed by atoms with Gasteiger partial charge < -0.3 is 19.1 Å². The molecule has 7 nitrogen and oxygen atoms in total. The smallest absolute Gasteiger partial charge is 0.339 e. The first kappa shape index (κ1) is 22.4. The second-order valence-electron chi connectivity index (χ2n) is 6.59. The third kappa shape index (κ3) is 5.13. The van der Waals surface area contributed by atoms with E-state index in [9.17, 15) is 10.1 Å². The highest BCUT2D eigenvalue weighted by molar-refractivity contribution is 7.71. The fraction of sp³-hybridized carbons (Fsp3) is 0.381. The Hall–Kier alpha value is -2.89. The Morgan fingerprint density at radius 1 is 1.28 bits per heavy atom. The number of nitrogens with one attached hydrogen (secondary N) is 1. The van der Waals surface area contributed by atoms with Crippen molar-refractivity contribution in [1.29, 1.82) is 5.26 Å². The molecule has 0 aliphatic carbocycles. The van der Waals surface area contributed by atoms with Crippen molar-refractivity contribution >= 4 is 18.2 Å². The summed E-state index contributed by atoms with van der Waals surface area (Å²) in [4.78, 5) is 13.4. The van der Waals surface area contributed by atoms with Gasteiger partial charge in [0.1, 0.15) is 28.8 Å². The molecule has 0 spiro atoms. The third-order valence-electron chi connectivity index (χ3n) is 4.59. The maximum atomic E-state index is 12.3. The molecule has 0 aliphatic heterocycles. The van der Waals surface area contributed by atoms with Crippen molar-refractivity contribution in [2.24, 2.45) is 0 Å². The molecule has 29 heavy (non-hydrogen) atoms. The van der Waals surface area contributed by atoms with E-state index < -0.39 is 5.97 Å². The molecule has 0 aliphatic rings.